The van der Waals surface area contributed by atoms with Crippen LogP contribution in [0.5, 0.6) is 0 Å². The van der Waals surface area contributed by atoms with E-state index in [1.807, 2.05) is 0 Å². The zero-order valence-electron chi connectivity index (χ0n) is 12.1. The molecule has 0 unspecified atom stereocenters. The molecule has 0 fully saturated rings. The Bertz CT molecular complexity index is 21.8. The van der Waals surface area contributed by atoms with E-state index in [4.69, 9.17) is 0 Å². The van der Waals surface area contributed by atoms with Crippen LogP contribution in [0.4, 0.5) is 0 Å². The molecule has 0 heterocycles. The fourth-order valence-corrected chi connectivity index (χ4v) is 0. The average molecular weight is 468 g/mol. The number of hydrogen-bond acceptors (Lipinski definition) is 0. The smallest absolute Gasteiger partial charge is 1.00 e. The third-order valence-electron chi connectivity index (χ3n) is 0. The minimum Gasteiger partial charge on any atom is -1.00 e. The third kappa shape index (κ3) is 32.3. The quantitative estimate of drug-likeness (QED) is 0.459. The number of rotatable bonds is 0. The van der Waals surface area contributed by atoms with Gasteiger partial charge in [-0.25, -0.2) is 0 Å². The van der Waals surface area contributed by atoms with Gasteiger partial charge in [-0.15, -0.1) is 37.2 Å². The van der Waals surface area contributed by atoms with Gasteiger partial charge in [-0.05, 0) is 0 Å². The molecule has 0 aliphatic carbocycles. The van der Waals surface area contributed by atoms with Gasteiger partial charge in [-0.2, -0.15) is 0 Å². The Morgan fingerprint density at radius 3 is 0.429 bits per heavy atom. The van der Waals surface area contributed by atoms with E-state index in [0.717, 1.165) is 0 Å². The van der Waals surface area contributed by atoms with Gasteiger partial charge in [0.05, 0.1) is 0 Å². The predicted molar refractivity (Wildman–Crippen MR) is 53.7 cm³/mol. The zero-order chi connectivity index (χ0) is 0. The molecule has 0 atom stereocenters. The summed E-state index contributed by atoms with van der Waals surface area (Å²) in [5.41, 5.74) is 0. The summed E-state index contributed by atoms with van der Waals surface area (Å²) in [6.45, 7) is 0. The molecule has 0 bridgehead atoms. The summed E-state index contributed by atoms with van der Waals surface area (Å²) in [5, 5.41) is 0. The Kier molecular flexibility index (Phi) is 269. The molecule has 0 rings (SSSR count). The van der Waals surface area contributed by atoms with Gasteiger partial charge in [-0.3, -0.25) is 0 Å². The molecule has 0 amide bonds. The van der Waals surface area contributed by atoms with Gasteiger partial charge in [0.1, 0.15) is 0 Å². The predicted octanol–water partition coefficient (Wildman–Crippen LogP) is 0.642. The second-order valence-electron chi connectivity index (χ2n) is 0. The van der Waals surface area contributed by atoms with Crippen molar-refractivity contribution in [1.29, 1.82) is 0 Å². The first-order valence-electron chi connectivity index (χ1n) is 0. The molecule has 0 N–H and O–H groups in total. The SMILES string of the molecule is Cl.Cl.Cl.[H-].[H-].[H-].[H-].[H-].[H-].[H-].[H-].[Sr+2].[Sr+2].[Sr+2].[Sr+2]. The Morgan fingerprint density at radius 1 is 0.429 bits per heavy atom. The number of halogens is 3. The van der Waals surface area contributed by atoms with Crippen molar-refractivity contribution in [2.24, 2.45) is 0 Å². The molecular formula is H11Cl3Sr4. The molecule has 0 aliphatic heterocycles. The van der Waals surface area contributed by atoms with Gasteiger partial charge < -0.3 is 11.4 Å². The van der Waals surface area contributed by atoms with E-state index in [9.17, 15) is 0 Å². The standard InChI is InChI=1S/3ClH.4Sr.8H/h3*1H;;;;;;;;;;;;/q;;;4*+2;8*-1. The summed E-state index contributed by atoms with van der Waals surface area (Å²) in [5.74, 6) is 0. The maximum atomic E-state index is 0. The van der Waals surface area contributed by atoms with E-state index in [-0.39, 0.29) is 231 Å². The Balaban J connectivity index is 0. The van der Waals surface area contributed by atoms with Crippen molar-refractivity contribution in [2.45, 2.75) is 0 Å². The van der Waals surface area contributed by atoms with Crippen LogP contribution in [0.3, 0.4) is 0 Å². The van der Waals surface area contributed by atoms with E-state index >= 15 is 0 Å². The topological polar surface area (TPSA) is 0 Å². The van der Waals surface area contributed by atoms with Gasteiger partial charge in [0.2, 0.25) is 0 Å². The summed E-state index contributed by atoms with van der Waals surface area (Å²) >= 11 is 0. The normalized spacial score (nSPS) is 0. The molecule has 0 aliphatic rings. The van der Waals surface area contributed by atoms with Crippen molar-refractivity contribution in [2.75, 3.05) is 0 Å². The van der Waals surface area contributed by atoms with Crippen LogP contribution in [0.25, 0.3) is 0 Å². The zero-order valence-corrected chi connectivity index (χ0v) is 20.4. The fourth-order valence-electron chi connectivity index (χ4n) is 0. The van der Waals surface area contributed by atoms with Crippen molar-refractivity contribution in [3.05, 3.63) is 0 Å². The Hall–Kier alpha value is 6.79. The summed E-state index contributed by atoms with van der Waals surface area (Å²) in [6.07, 6.45) is 0. The summed E-state index contributed by atoms with van der Waals surface area (Å²) in [4.78, 5) is 0. The molecule has 0 nitrogen and oxygen atoms in total. The molecule has 7 heavy (non-hydrogen) atoms. The van der Waals surface area contributed by atoms with E-state index in [0.29, 0.717) is 0 Å². The van der Waals surface area contributed by atoms with Crippen LogP contribution in [-0.4, -0.2) is 182 Å². The maximum absolute atomic E-state index is 0. The van der Waals surface area contributed by atoms with Crippen molar-refractivity contribution in [1.82, 2.24) is 0 Å². The van der Waals surface area contributed by atoms with Gasteiger partial charge in [-0.1, -0.05) is 0 Å². The molecule has 0 saturated carbocycles. The molecule has 0 saturated heterocycles. The summed E-state index contributed by atoms with van der Waals surface area (Å²) < 4.78 is 0. The van der Waals surface area contributed by atoms with E-state index in [1.165, 1.54) is 0 Å². The molecule has 7 heteroatoms. The van der Waals surface area contributed by atoms with Crippen molar-refractivity contribution < 1.29 is 11.4 Å². The van der Waals surface area contributed by atoms with Gasteiger partial charge in [0.25, 0.3) is 0 Å². The Labute approximate surface area is 223 Å². The average Bonchev–Trinajstić information content (AvgIpc) is 0. The monoisotopic (exact) mass is 468 g/mol. The van der Waals surface area contributed by atoms with Crippen LogP contribution >= 0.6 is 37.2 Å². The van der Waals surface area contributed by atoms with Gasteiger partial charge in [0.15, 0.2) is 0 Å². The fraction of sp³-hybridized carbons (Fsp3) is 0. The molecule has 0 aromatic rings. The van der Waals surface area contributed by atoms with E-state index in [2.05, 4.69) is 0 Å². The minimum absolute atomic E-state index is 0. The minimum atomic E-state index is 0. The maximum Gasteiger partial charge on any atom is 2.00 e. The second-order valence-corrected chi connectivity index (χ2v) is 0. The molecule has 0 aromatic carbocycles. The third-order valence-corrected chi connectivity index (χ3v) is 0. The molecule has 0 spiro atoms. The van der Waals surface area contributed by atoms with Crippen LogP contribution < -0.4 is 0 Å². The van der Waals surface area contributed by atoms with Crippen molar-refractivity contribution in [3.8, 4) is 0 Å². The van der Waals surface area contributed by atoms with E-state index < -0.39 is 0 Å². The first-order chi connectivity index (χ1) is 0. The summed E-state index contributed by atoms with van der Waals surface area (Å²) in [7, 11) is 0. The number of hydrogen-bond donors (Lipinski definition) is 0. The second kappa shape index (κ2) is 38.6. The van der Waals surface area contributed by atoms with Crippen LogP contribution in [0.1, 0.15) is 11.4 Å². The molecule has 0 radical (unpaired) electrons. The van der Waals surface area contributed by atoms with Crippen LogP contribution in [0.15, 0.2) is 0 Å². The van der Waals surface area contributed by atoms with Crippen LogP contribution in [0.2, 0.25) is 0 Å². The van der Waals surface area contributed by atoms with Crippen LogP contribution in [-0.2, 0) is 0 Å². The van der Waals surface area contributed by atoms with E-state index in [1.54, 1.807) is 0 Å². The summed E-state index contributed by atoms with van der Waals surface area (Å²) in [6, 6.07) is 0. The largest absolute Gasteiger partial charge is 2.00 e. The Morgan fingerprint density at radius 2 is 0.429 bits per heavy atom. The molecule has 40 valence electrons. The first-order valence-corrected chi connectivity index (χ1v) is 0. The molecule has 0 aromatic heterocycles. The first kappa shape index (κ1) is 48.9. The van der Waals surface area contributed by atoms with Crippen molar-refractivity contribution >= 4 is 219 Å². The molecular weight excluding hydrogens is 457 g/mol. The van der Waals surface area contributed by atoms with Gasteiger partial charge in [0, 0.05) is 0 Å². The van der Waals surface area contributed by atoms with Gasteiger partial charge >= 0.3 is 182 Å². The van der Waals surface area contributed by atoms with Crippen molar-refractivity contribution in [3.63, 3.8) is 0 Å². The van der Waals surface area contributed by atoms with Crippen LogP contribution in [0, 0.1) is 0 Å².